The molecule has 0 aliphatic rings. The number of para-hydroxylation sites is 1. The topological polar surface area (TPSA) is 57.8 Å². The van der Waals surface area contributed by atoms with E-state index in [1.54, 1.807) is 6.07 Å². The number of carbonyl (C=O) groups excluding carboxylic acids is 1. The van der Waals surface area contributed by atoms with Gasteiger partial charge < -0.3 is 5.32 Å². The molecule has 0 radical (unpaired) electrons. The highest BCUT2D eigenvalue weighted by molar-refractivity contribution is 7.79. The van der Waals surface area contributed by atoms with Crippen LogP contribution in [-0.4, -0.2) is 16.1 Å². The van der Waals surface area contributed by atoms with Crippen LogP contribution in [0.2, 0.25) is 0 Å². The summed E-state index contributed by atoms with van der Waals surface area (Å²) in [5.41, 5.74) is 1.94. The second-order valence-electron chi connectivity index (χ2n) is 3.26. The molecular formula is C11H11N3OS. The molecule has 2 rings (SSSR count). The van der Waals surface area contributed by atoms with E-state index < -0.39 is 0 Å². The Hall–Kier alpha value is -1.75. The summed E-state index contributed by atoms with van der Waals surface area (Å²) in [7, 11) is 0. The molecule has 2 N–H and O–H groups in total. The minimum absolute atomic E-state index is 0.226. The summed E-state index contributed by atoms with van der Waals surface area (Å²) < 4.78 is 0. The third-order valence-corrected chi connectivity index (χ3v) is 2.41. The number of nitrogens with zero attached hydrogens (tertiary/aromatic N) is 1. The van der Waals surface area contributed by atoms with E-state index in [1.165, 1.54) is 0 Å². The zero-order valence-corrected chi connectivity index (χ0v) is 9.37. The van der Waals surface area contributed by atoms with Crippen molar-refractivity contribution in [3.8, 4) is 0 Å². The summed E-state index contributed by atoms with van der Waals surface area (Å²) in [6.45, 7) is 0. The Labute approximate surface area is 98.5 Å². The van der Waals surface area contributed by atoms with Gasteiger partial charge in [-0.05, 0) is 18.2 Å². The van der Waals surface area contributed by atoms with Crippen LogP contribution < -0.4 is 5.32 Å². The van der Waals surface area contributed by atoms with Crippen LogP contribution in [0.4, 0.5) is 5.69 Å². The van der Waals surface area contributed by atoms with Crippen LogP contribution >= 0.6 is 12.6 Å². The molecule has 5 heteroatoms. The van der Waals surface area contributed by atoms with E-state index in [0.717, 1.165) is 11.4 Å². The van der Waals surface area contributed by atoms with Crippen LogP contribution in [0.25, 0.3) is 0 Å². The number of hydrogen-bond acceptors (Lipinski definition) is 3. The molecule has 0 spiro atoms. The number of hydrogen-bond donors (Lipinski definition) is 3. The summed E-state index contributed by atoms with van der Waals surface area (Å²) in [4.78, 5) is 11.7. The number of amides is 1. The minimum Gasteiger partial charge on any atom is -0.321 e. The third-order valence-electron chi connectivity index (χ3n) is 2.07. The van der Waals surface area contributed by atoms with E-state index in [-0.39, 0.29) is 5.91 Å². The maximum atomic E-state index is 11.7. The van der Waals surface area contributed by atoms with Crippen molar-refractivity contribution in [1.82, 2.24) is 10.2 Å². The predicted molar refractivity (Wildman–Crippen MR) is 65.7 cm³/mol. The lowest BCUT2D eigenvalue weighted by atomic mass is 10.3. The number of anilines is 1. The summed E-state index contributed by atoms with van der Waals surface area (Å²) in [6.07, 6.45) is 0. The Bertz CT molecular complexity index is 481. The zero-order valence-electron chi connectivity index (χ0n) is 8.47. The number of benzene rings is 1. The van der Waals surface area contributed by atoms with E-state index >= 15 is 0 Å². The van der Waals surface area contributed by atoms with Gasteiger partial charge in [0.25, 0.3) is 5.91 Å². The number of aromatic amines is 1. The molecule has 0 saturated heterocycles. The first-order valence-electron chi connectivity index (χ1n) is 4.81. The minimum atomic E-state index is -0.226. The summed E-state index contributed by atoms with van der Waals surface area (Å²) in [5.74, 6) is 0.307. The van der Waals surface area contributed by atoms with Crippen molar-refractivity contribution in [3.05, 3.63) is 47.8 Å². The zero-order chi connectivity index (χ0) is 11.4. The number of rotatable bonds is 3. The van der Waals surface area contributed by atoms with Crippen LogP contribution in [0.3, 0.4) is 0 Å². The van der Waals surface area contributed by atoms with Crippen molar-refractivity contribution in [1.29, 1.82) is 0 Å². The average molecular weight is 233 g/mol. The summed E-state index contributed by atoms with van der Waals surface area (Å²) in [5, 5.41) is 9.38. The second-order valence-corrected chi connectivity index (χ2v) is 3.57. The van der Waals surface area contributed by atoms with Gasteiger partial charge in [-0.1, -0.05) is 18.2 Å². The van der Waals surface area contributed by atoms with Gasteiger partial charge in [0.05, 0.1) is 0 Å². The van der Waals surface area contributed by atoms with Gasteiger partial charge >= 0.3 is 0 Å². The first-order chi connectivity index (χ1) is 7.79. The van der Waals surface area contributed by atoms with E-state index in [4.69, 9.17) is 0 Å². The fraction of sp³-hybridized carbons (Fsp3) is 0.0909. The van der Waals surface area contributed by atoms with Crippen molar-refractivity contribution in [2.45, 2.75) is 5.75 Å². The average Bonchev–Trinajstić information content (AvgIpc) is 2.79. The Kier molecular flexibility index (Phi) is 3.26. The van der Waals surface area contributed by atoms with Gasteiger partial charge in [0.15, 0.2) is 5.69 Å². The van der Waals surface area contributed by atoms with Crippen LogP contribution in [-0.2, 0) is 5.75 Å². The molecule has 1 heterocycles. The molecule has 0 saturated carbocycles. The second kappa shape index (κ2) is 4.85. The van der Waals surface area contributed by atoms with Crippen molar-refractivity contribution < 1.29 is 4.79 Å². The molecule has 1 amide bonds. The Morgan fingerprint density at radius 3 is 2.75 bits per heavy atom. The number of H-pyrrole nitrogens is 1. The predicted octanol–water partition coefficient (Wildman–Crippen LogP) is 2.09. The number of aromatic nitrogens is 2. The highest BCUT2D eigenvalue weighted by atomic mass is 32.1. The van der Waals surface area contributed by atoms with Gasteiger partial charge in [0.2, 0.25) is 0 Å². The highest BCUT2D eigenvalue weighted by Gasteiger charge is 2.09. The fourth-order valence-corrected chi connectivity index (χ4v) is 1.44. The standard InChI is InChI=1S/C11H11N3OS/c15-11(10-6-9(7-16)13-14-10)12-8-4-2-1-3-5-8/h1-6,16H,7H2,(H,12,15)(H,13,14). The first-order valence-corrected chi connectivity index (χ1v) is 5.44. The number of carbonyl (C=O) groups is 1. The molecule has 2 aromatic rings. The number of nitrogens with one attached hydrogen (secondary N) is 2. The summed E-state index contributed by atoms with van der Waals surface area (Å²) >= 11 is 4.09. The SMILES string of the molecule is O=C(Nc1ccccc1)c1cc(CS)[nH]n1. The monoisotopic (exact) mass is 233 g/mol. The van der Waals surface area contributed by atoms with Crippen LogP contribution in [0.5, 0.6) is 0 Å². The lowest BCUT2D eigenvalue weighted by Crippen LogP contribution is -2.12. The quantitative estimate of drug-likeness (QED) is 0.711. The summed E-state index contributed by atoms with van der Waals surface area (Å²) in [6, 6.07) is 10.9. The number of thiol groups is 1. The molecule has 0 atom stereocenters. The Balaban J connectivity index is 2.09. The molecule has 0 bridgehead atoms. The maximum absolute atomic E-state index is 11.7. The van der Waals surface area contributed by atoms with Gasteiger partial charge in [0.1, 0.15) is 0 Å². The van der Waals surface area contributed by atoms with Gasteiger partial charge in [-0.25, -0.2) is 0 Å². The van der Waals surface area contributed by atoms with Gasteiger partial charge in [0, 0.05) is 17.1 Å². The van der Waals surface area contributed by atoms with Crippen LogP contribution in [0, 0.1) is 0 Å². The van der Waals surface area contributed by atoms with E-state index in [0.29, 0.717) is 11.4 Å². The van der Waals surface area contributed by atoms with E-state index in [9.17, 15) is 4.79 Å². The molecule has 82 valence electrons. The lowest BCUT2D eigenvalue weighted by Gasteiger charge is -2.01. The normalized spacial score (nSPS) is 10.1. The van der Waals surface area contributed by atoms with E-state index in [2.05, 4.69) is 28.1 Å². The fourth-order valence-electron chi connectivity index (χ4n) is 1.28. The van der Waals surface area contributed by atoms with E-state index in [1.807, 2.05) is 30.3 Å². The lowest BCUT2D eigenvalue weighted by molar-refractivity contribution is 0.102. The van der Waals surface area contributed by atoms with Gasteiger partial charge in [-0.3, -0.25) is 9.89 Å². The smallest absolute Gasteiger partial charge is 0.276 e. The molecule has 1 aromatic heterocycles. The van der Waals surface area contributed by atoms with Crippen LogP contribution in [0.15, 0.2) is 36.4 Å². The molecule has 16 heavy (non-hydrogen) atoms. The Morgan fingerprint density at radius 1 is 1.38 bits per heavy atom. The molecule has 4 nitrogen and oxygen atoms in total. The molecule has 0 unspecified atom stereocenters. The van der Waals surface area contributed by atoms with Crippen molar-refractivity contribution in [2.24, 2.45) is 0 Å². The molecule has 0 aliphatic heterocycles. The first kappa shape index (κ1) is 10.8. The largest absolute Gasteiger partial charge is 0.321 e. The molecule has 1 aromatic carbocycles. The Morgan fingerprint density at radius 2 is 2.12 bits per heavy atom. The molecular weight excluding hydrogens is 222 g/mol. The van der Waals surface area contributed by atoms with Gasteiger partial charge in [-0.2, -0.15) is 17.7 Å². The van der Waals surface area contributed by atoms with Crippen molar-refractivity contribution >= 4 is 24.2 Å². The third kappa shape index (κ3) is 2.43. The van der Waals surface area contributed by atoms with Crippen molar-refractivity contribution in [2.75, 3.05) is 5.32 Å². The molecule has 0 fully saturated rings. The maximum Gasteiger partial charge on any atom is 0.276 e. The van der Waals surface area contributed by atoms with Gasteiger partial charge in [-0.15, -0.1) is 0 Å². The van der Waals surface area contributed by atoms with Crippen LogP contribution in [0.1, 0.15) is 16.2 Å². The molecule has 0 aliphatic carbocycles. The highest BCUT2D eigenvalue weighted by Crippen LogP contribution is 2.08. The van der Waals surface area contributed by atoms with Crippen molar-refractivity contribution in [3.63, 3.8) is 0 Å².